The average molecular weight is 476 g/mol. The van der Waals surface area contributed by atoms with Gasteiger partial charge in [-0.3, -0.25) is 14.3 Å². The summed E-state index contributed by atoms with van der Waals surface area (Å²) in [5.74, 6) is -0.480. The van der Waals surface area contributed by atoms with E-state index >= 15 is 0 Å². The Labute approximate surface area is 198 Å². The largest absolute Gasteiger partial charge is 0.479 e. The minimum absolute atomic E-state index is 0.0436. The fourth-order valence-corrected chi connectivity index (χ4v) is 4.31. The van der Waals surface area contributed by atoms with Crippen LogP contribution in [-0.4, -0.2) is 74.6 Å². The van der Waals surface area contributed by atoms with Crippen LogP contribution in [0.2, 0.25) is 0 Å². The van der Waals surface area contributed by atoms with Gasteiger partial charge in [-0.05, 0) is 30.0 Å². The number of hydrogen-bond donors (Lipinski definition) is 4. The van der Waals surface area contributed by atoms with E-state index < -0.39 is 47.6 Å². The van der Waals surface area contributed by atoms with Crippen molar-refractivity contribution < 1.29 is 29.3 Å². The number of benzene rings is 1. The molecule has 34 heavy (non-hydrogen) atoms. The molecule has 0 bridgehead atoms. The van der Waals surface area contributed by atoms with Crippen molar-refractivity contribution in [2.45, 2.75) is 58.3 Å². The second-order valence-electron chi connectivity index (χ2n) is 9.78. The van der Waals surface area contributed by atoms with E-state index in [2.05, 4.69) is 15.7 Å². The maximum Gasteiger partial charge on any atom is 0.405 e. The Morgan fingerprint density at radius 2 is 1.91 bits per heavy atom. The number of fused-ring (bicyclic) bond motifs is 1. The standard InChI is InChI=1S/C23H33N5O6/c1-12(13-7-8-16-15(9-13)20(34-6)26-27(16)5)24-19(30)17-10-14(29)11-28(17)21(31)18(23(2,3)4)25-22(32)33/h7-9,12,14,17-18,25,29H,10-11H2,1-6H3,(H,24,30)(H,32,33)/t12-,14+,17-,18?/m0/s1. The van der Waals surface area contributed by atoms with Crippen LogP contribution in [0.5, 0.6) is 5.88 Å². The van der Waals surface area contributed by atoms with Crippen molar-refractivity contribution in [1.82, 2.24) is 25.3 Å². The highest BCUT2D eigenvalue weighted by molar-refractivity contribution is 5.92. The van der Waals surface area contributed by atoms with Gasteiger partial charge < -0.3 is 30.5 Å². The quantitative estimate of drug-likeness (QED) is 0.494. The lowest BCUT2D eigenvalue weighted by Gasteiger charge is -2.34. The van der Waals surface area contributed by atoms with Gasteiger partial charge in [0.25, 0.3) is 0 Å². The summed E-state index contributed by atoms with van der Waals surface area (Å²) in [7, 11) is 3.36. The SMILES string of the molecule is COc1nn(C)c2ccc([C@H](C)NC(=O)[C@@H]3C[C@@H](O)CN3C(=O)C(NC(=O)O)C(C)(C)C)cc12. The maximum atomic E-state index is 13.2. The number of ether oxygens (including phenoxy) is 1. The number of carboxylic acid groups (broad SMARTS) is 1. The maximum absolute atomic E-state index is 13.2. The topological polar surface area (TPSA) is 146 Å². The summed E-state index contributed by atoms with van der Waals surface area (Å²) in [6.45, 7) is 6.98. The number of aliphatic hydroxyl groups excluding tert-OH is 1. The van der Waals surface area contributed by atoms with Crippen molar-refractivity contribution >= 4 is 28.8 Å². The first-order chi connectivity index (χ1) is 15.8. The average Bonchev–Trinajstić information content (AvgIpc) is 3.30. The number of aromatic nitrogens is 2. The van der Waals surface area contributed by atoms with Crippen LogP contribution in [0, 0.1) is 5.41 Å². The van der Waals surface area contributed by atoms with Crippen LogP contribution in [-0.2, 0) is 16.6 Å². The Morgan fingerprint density at radius 3 is 2.50 bits per heavy atom. The van der Waals surface area contributed by atoms with Crippen molar-refractivity contribution in [3.8, 4) is 5.88 Å². The first kappa shape index (κ1) is 25.3. The van der Waals surface area contributed by atoms with E-state index in [1.807, 2.05) is 32.2 Å². The van der Waals surface area contributed by atoms with Gasteiger partial charge in [-0.25, -0.2) is 4.79 Å². The third-order valence-corrected chi connectivity index (χ3v) is 6.14. The molecule has 3 rings (SSSR count). The molecule has 1 unspecified atom stereocenters. The lowest BCUT2D eigenvalue weighted by molar-refractivity contribution is -0.142. The predicted molar refractivity (Wildman–Crippen MR) is 124 cm³/mol. The molecule has 0 aliphatic carbocycles. The van der Waals surface area contributed by atoms with Crippen LogP contribution in [0.25, 0.3) is 10.9 Å². The number of amides is 3. The Bertz CT molecular complexity index is 1090. The minimum atomic E-state index is -1.33. The van der Waals surface area contributed by atoms with E-state index in [0.717, 1.165) is 16.5 Å². The van der Waals surface area contributed by atoms with Crippen molar-refractivity contribution in [1.29, 1.82) is 0 Å². The molecule has 1 aliphatic heterocycles. The first-order valence-corrected chi connectivity index (χ1v) is 11.1. The molecule has 11 nitrogen and oxygen atoms in total. The van der Waals surface area contributed by atoms with E-state index in [4.69, 9.17) is 4.74 Å². The number of β-amino-alcohol motifs (C(OH)–C–C–N with tert-alkyl or cyclic N) is 1. The number of carbonyl (C=O) groups excluding carboxylic acids is 2. The molecular formula is C23H33N5O6. The lowest BCUT2D eigenvalue weighted by Crippen LogP contribution is -2.57. The summed E-state index contributed by atoms with van der Waals surface area (Å²) in [4.78, 5) is 39.0. The second-order valence-corrected chi connectivity index (χ2v) is 9.78. The molecule has 1 fully saturated rings. The fraction of sp³-hybridized carbons (Fsp3) is 0.565. The highest BCUT2D eigenvalue weighted by atomic mass is 16.5. The molecule has 4 atom stereocenters. The smallest absolute Gasteiger partial charge is 0.405 e. The highest BCUT2D eigenvalue weighted by Gasteiger charge is 2.44. The van der Waals surface area contributed by atoms with E-state index in [1.54, 1.807) is 32.6 Å². The van der Waals surface area contributed by atoms with Gasteiger partial charge in [-0.1, -0.05) is 26.8 Å². The van der Waals surface area contributed by atoms with Crippen molar-refractivity contribution in [2.75, 3.05) is 13.7 Å². The molecule has 4 N–H and O–H groups in total. The molecule has 186 valence electrons. The number of aliphatic hydroxyl groups is 1. The van der Waals surface area contributed by atoms with Gasteiger partial charge in [0.15, 0.2) is 0 Å². The van der Waals surface area contributed by atoms with E-state index in [-0.39, 0.29) is 13.0 Å². The third-order valence-electron chi connectivity index (χ3n) is 6.14. The number of methoxy groups -OCH3 is 1. The Hall–Kier alpha value is -3.34. The number of carbonyl (C=O) groups is 3. The molecule has 2 aromatic rings. The zero-order valence-electron chi connectivity index (χ0n) is 20.3. The summed E-state index contributed by atoms with van der Waals surface area (Å²) in [6, 6.07) is 3.29. The van der Waals surface area contributed by atoms with Crippen LogP contribution in [0.1, 0.15) is 45.7 Å². The van der Waals surface area contributed by atoms with Crippen molar-refractivity contribution in [3.05, 3.63) is 23.8 Å². The molecule has 1 aromatic heterocycles. The molecule has 0 spiro atoms. The number of aryl methyl sites for hydroxylation is 1. The molecule has 11 heteroatoms. The summed E-state index contributed by atoms with van der Waals surface area (Å²) < 4.78 is 7.05. The van der Waals surface area contributed by atoms with Crippen LogP contribution < -0.4 is 15.4 Å². The summed E-state index contributed by atoms with van der Waals surface area (Å²) in [5.41, 5.74) is 0.979. The predicted octanol–water partition coefficient (Wildman–Crippen LogP) is 1.40. The molecule has 0 radical (unpaired) electrons. The van der Waals surface area contributed by atoms with Crippen LogP contribution in [0.4, 0.5) is 4.79 Å². The summed E-state index contributed by atoms with van der Waals surface area (Å²) >= 11 is 0. The number of rotatable bonds is 6. The molecular weight excluding hydrogens is 442 g/mol. The third kappa shape index (κ3) is 5.09. The number of nitrogens with one attached hydrogen (secondary N) is 2. The monoisotopic (exact) mass is 475 g/mol. The summed E-state index contributed by atoms with van der Waals surface area (Å²) in [6.07, 6.45) is -2.13. The summed E-state index contributed by atoms with van der Waals surface area (Å²) in [5, 5.41) is 29.7. The van der Waals surface area contributed by atoms with Crippen LogP contribution in [0.3, 0.4) is 0 Å². The fourth-order valence-electron chi connectivity index (χ4n) is 4.31. The van der Waals surface area contributed by atoms with Gasteiger partial charge in [-0.2, -0.15) is 0 Å². The van der Waals surface area contributed by atoms with E-state index in [0.29, 0.717) is 5.88 Å². The molecule has 1 aromatic carbocycles. The number of nitrogens with zero attached hydrogens (tertiary/aromatic N) is 3. The molecule has 3 amide bonds. The van der Waals surface area contributed by atoms with Crippen LogP contribution in [0.15, 0.2) is 18.2 Å². The first-order valence-electron chi connectivity index (χ1n) is 11.1. The lowest BCUT2D eigenvalue weighted by atomic mass is 9.85. The van der Waals surface area contributed by atoms with E-state index in [9.17, 15) is 24.6 Å². The normalized spacial score (nSPS) is 20.1. The Kier molecular flexibility index (Phi) is 7.06. The number of likely N-dealkylation sites (tertiary alicyclic amines) is 1. The van der Waals surface area contributed by atoms with Crippen molar-refractivity contribution in [3.63, 3.8) is 0 Å². The highest BCUT2D eigenvalue weighted by Crippen LogP contribution is 2.29. The zero-order valence-corrected chi connectivity index (χ0v) is 20.3. The van der Waals surface area contributed by atoms with Crippen LogP contribution >= 0.6 is 0 Å². The molecule has 1 saturated heterocycles. The molecule has 1 aliphatic rings. The van der Waals surface area contributed by atoms with Crippen molar-refractivity contribution in [2.24, 2.45) is 12.5 Å². The van der Waals surface area contributed by atoms with Gasteiger partial charge in [0.1, 0.15) is 12.1 Å². The van der Waals surface area contributed by atoms with Gasteiger partial charge in [0.2, 0.25) is 17.7 Å². The molecule has 0 saturated carbocycles. The van der Waals surface area contributed by atoms with Gasteiger partial charge in [0, 0.05) is 20.0 Å². The second kappa shape index (κ2) is 9.49. The minimum Gasteiger partial charge on any atom is -0.479 e. The van der Waals surface area contributed by atoms with Gasteiger partial charge in [-0.15, -0.1) is 5.10 Å². The van der Waals surface area contributed by atoms with E-state index in [1.165, 1.54) is 4.90 Å². The number of hydrogen-bond acceptors (Lipinski definition) is 6. The Morgan fingerprint density at radius 1 is 1.24 bits per heavy atom. The van der Waals surface area contributed by atoms with Gasteiger partial charge >= 0.3 is 6.09 Å². The Balaban J connectivity index is 1.80. The molecule has 2 heterocycles. The zero-order chi connectivity index (χ0) is 25.4. The van der Waals surface area contributed by atoms with Gasteiger partial charge in [0.05, 0.1) is 30.2 Å².